The summed E-state index contributed by atoms with van der Waals surface area (Å²) in [6.45, 7) is 14.0. The van der Waals surface area contributed by atoms with Crippen LogP contribution in [-0.2, 0) is 51.1 Å². The van der Waals surface area contributed by atoms with Crippen molar-refractivity contribution in [3.8, 4) is 23.1 Å². The Morgan fingerprint density at radius 1 is 1.08 bits per heavy atom. The molecule has 3 amide bonds. The summed E-state index contributed by atoms with van der Waals surface area (Å²) in [5.74, 6) is 3.24. The second-order valence-corrected chi connectivity index (χ2v) is 21.3. The number of nitrogens with one attached hydrogen (secondary N) is 2. The number of benzene rings is 1. The van der Waals surface area contributed by atoms with Gasteiger partial charge in [-0.2, -0.15) is 13.2 Å². The number of hydrogen-bond donors (Lipinski definition) is 2. The fourth-order valence-corrected chi connectivity index (χ4v) is 9.47. The Morgan fingerprint density at radius 3 is 2.52 bits per heavy atom. The van der Waals surface area contributed by atoms with Crippen LogP contribution in [0.3, 0.4) is 0 Å². The van der Waals surface area contributed by atoms with E-state index < -0.39 is 65.8 Å². The zero-order valence-corrected chi connectivity index (χ0v) is 42.8. The molecule has 1 aromatic carbocycles. The van der Waals surface area contributed by atoms with Crippen LogP contribution in [0.4, 0.5) is 18.9 Å². The van der Waals surface area contributed by atoms with Gasteiger partial charge < -0.3 is 38.6 Å². The molecule has 71 heavy (non-hydrogen) atoms. The molecular weight excluding hydrogens is 922 g/mol. The summed E-state index contributed by atoms with van der Waals surface area (Å²) in [6.07, 6.45) is -3.18. The highest BCUT2D eigenvalue weighted by atomic mass is 19.4. The molecular formula is C52H71F3N8O8. The molecule has 1 unspecified atom stereocenters. The predicted octanol–water partition coefficient (Wildman–Crippen LogP) is 5.52. The van der Waals surface area contributed by atoms with Crippen molar-refractivity contribution >= 4 is 40.3 Å². The third kappa shape index (κ3) is 12.7. The minimum Gasteiger partial charge on any atom is -0.464 e. The van der Waals surface area contributed by atoms with Gasteiger partial charge in [0.05, 0.1) is 61.0 Å². The van der Waals surface area contributed by atoms with Crippen LogP contribution in [0.25, 0.3) is 22.2 Å². The highest BCUT2D eigenvalue weighted by Gasteiger charge is 2.40. The van der Waals surface area contributed by atoms with Crippen molar-refractivity contribution in [2.75, 3.05) is 78.6 Å². The normalized spacial score (nSPS) is 22.4. The van der Waals surface area contributed by atoms with Crippen molar-refractivity contribution in [1.29, 1.82) is 0 Å². The van der Waals surface area contributed by atoms with Gasteiger partial charge in [-0.15, -0.1) is 0 Å². The monoisotopic (exact) mass is 993 g/mol. The number of likely N-dealkylation sites (tertiary alicyclic amines) is 1. The Hall–Kier alpha value is -5.26. The Labute approximate surface area is 415 Å². The quantitative estimate of drug-likeness (QED) is 0.184. The SMILES string of the molecule is COC(C)c1ncccc1-c1c2c3cc(ccc3n1CC(F)(F)F)N1CCO[C@@H](C[C@H](NC(=O)[C@@H](COC3CN(C(=O)C#CC(C)(C)N(C)C)C3)C(C)C)C(=O)N3CCC[C@H](N3)C(=O)OCC(C)(C)C2)C1. The zero-order chi connectivity index (χ0) is 51.6. The van der Waals surface area contributed by atoms with Gasteiger partial charge in [-0.25, -0.2) is 5.43 Å². The molecule has 0 aliphatic carbocycles. The van der Waals surface area contributed by atoms with E-state index in [4.69, 9.17) is 18.9 Å². The molecule has 4 aliphatic rings. The third-order valence-electron chi connectivity index (χ3n) is 14.3. The van der Waals surface area contributed by atoms with Gasteiger partial charge in [-0.05, 0) is 102 Å². The maximum Gasteiger partial charge on any atom is 0.406 e. The Balaban J connectivity index is 1.19. The number of methoxy groups -OCH3 is 1. The first-order chi connectivity index (χ1) is 33.4. The summed E-state index contributed by atoms with van der Waals surface area (Å²) in [6, 6.07) is 6.96. The highest BCUT2D eigenvalue weighted by Crippen LogP contribution is 2.43. The van der Waals surface area contributed by atoms with Crippen molar-refractivity contribution in [3.63, 3.8) is 0 Å². The number of aromatic nitrogens is 2. The van der Waals surface area contributed by atoms with Gasteiger partial charge in [0.2, 0.25) is 5.91 Å². The number of halogens is 3. The van der Waals surface area contributed by atoms with Gasteiger partial charge in [0.25, 0.3) is 11.8 Å². The fraction of sp³-hybridized carbons (Fsp3) is 0.635. The molecule has 6 heterocycles. The first-order valence-electron chi connectivity index (χ1n) is 24.7. The lowest BCUT2D eigenvalue weighted by atomic mass is 9.84. The van der Waals surface area contributed by atoms with Gasteiger partial charge in [-0.3, -0.25) is 34.1 Å². The van der Waals surface area contributed by atoms with Gasteiger partial charge in [-0.1, -0.05) is 33.6 Å². The van der Waals surface area contributed by atoms with Gasteiger partial charge in [0.15, 0.2) is 0 Å². The number of ether oxygens (including phenoxy) is 4. The van der Waals surface area contributed by atoms with E-state index in [1.807, 2.05) is 72.7 Å². The van der Waals surface area contributed by atoms with Crippen molar-refractivity contribution < 1.29 is 51.3 Å². The number of morpholine rings is 1. The number of amides is 3. The number of cyclic esters (lactones) is 1. The van der Waals surface area contributed by atoms with E-state index in [0.717, 1.165) is 5.69 Å². The smallest absolute Gasteiger partial charge is 0.406 e. The number of fused-ring (bicyclic) bond motifs is 6. The van der Waals surface area contributed by atoms with Crippen LogP contribution >= 0.6 is 0 Å². The molecule has 2 aromatic heterocycles. The number of esters is 1. The van der Waals surface area contributed by atoms with E-state index in [9.17, 15) is 32.3 Å². The Bertz CT molecular complexity index is 2490. The average Bonchev–Trinajstić information content (AvgIpc) is 3.58. The van der Waals surface area contributed by atoms with Gasteiger partial charge >= 0.3 is 12.1 Å². The van der Waals surface area contributed by atoms with E-state index in [0.29, 0.717) is 72.4 Å². The predicted molar refractivity (Wildman–Crippen MR) is 262 cm³/mol. The number of hydrogen-bond acceptors (Lipinski definition) is 12. The van der Waals surface area contributed by atoms with Gasteiger partial charge in [0.1, 0.15) is 18.6 Å². The lowest BCUT2D eigenvalue weighted by Crippen LogP contribution is -2.61. The molecule has 2 N–H and O–H groups in total. The van der Waals surface area contributed by atoms with Crippen LogP contribution in [0.1, 0.15) is 85.1 Å². The molecule has 4 aliphatic heterocycles. The first kappa shape index (κ1) is 53.5. The third-order valence-corrected chi connectivity index (χ3v) is 14.3. The molecule has 5 atom stereocenters. The lowest BCUT2D eigenvalue weighted by molar-refractivity contribution is -0.156. The maximum absolute atomic E-state index is 14.7. The molecule has 7 rings (SSSR count). The number of rotatable bonds is 11. The Kier molecular flexibility index (Phi) is 16.5. The van der Waals surface area contributed by atoms with Gasteiger partial charge in [0, 0.05) is 80.0 Å². The van der Waals surface area contributed by atoms with Crippen LogP contribution < -0.4 is 15.6 Å². The van der Waals surface area contributed by atoms with E-state index in [-0.39, 0.29) is 63.0 Å². The number of pyridine rings is 1. The molecule has 0 saturated carbocycles. The van der Waals surface area contributed by atoms with Crippen molar-refractivity contribution in [1.82, 2.24) is 35.1 Å². The van der Waals surface area contributed by atoms with Crippen LogP contribution in [-0.4, -0.2) is 158 Å². The minimum absolute atomic E-state index is 0.0563. The number of alkyl halides is 3. The number of anilines is 1. The summed E-state index contributed by atoms with van der Waals surface area (Å²) in [5, 5.41) is 5.04. The highest BCUT2D eigenvalue weighted by molar-refractivity contribution is 5.95. The number of carbonyl (C=O) groups excluding carboxylic acids is 4. The molecule has 3 aromatic rings. The Morgan fingerprint density at radius 2 is 1.83 bits per heavy atom. The van der Waals surface area contributed by atoms with Crippen molar-refractivity contribution in [3.05, 3.63) is 47.8 Å². The number of nitrogens with zero attached hydrogens (tertiary/aromatic N) is 6. The second-order valence-electron chi connectivity index (χ2n) is 21.3. The summed E-state index contributed by atoms with van der Waals surface area (Å²) >= 11 is 0. The van der Waals surface area contributed by atoms with Crippen molar-refractivity contribution in [2.45, 2.75) is 123 Å². The van der Waals surface area contributed by atoms with Crippen LogP contribution in [0, 0.1) is 29.1 Å². The average molecular weight is 993 g/mol. The molecule has 0 spiro atoms. The molecule has 3 saturated heterocycles. The number of carbonyl (C=O) groups is 4. The standard InChI is InChI=1S/C52H71F3N8O8/c1-32(2)40(29-70-36-27-61(28-36)44(64)17-18-51(6,7)59(8)9)47(65)57-42-24-35-26-60(21-22-69-35)34-15-16-43-38(23-34)39(25-50(4,5)31-71-49(67)41-14-12-20-63(58-41)48(42)66)46(62(43)30-52(53,54)55)37-13-11-19-56-45(37)33(3)68-10/h11,13,15-16,19,23,32-33,35-36,40-42,58H,12,14,20-22,24-31H2,1-10H3,(H,57,65)/t33?,35-,40-,41-,42-/m0/s1. The molecule has 19 heteroatoms. The minimum atomic E-state index is -4.58. The zero-order valence-electron chi connectivity index (χ0n) is 42.8. The lowest BCUT2D eigenvalue weighted by Gasteiger charge is -2.39. The first-order valence-corrected chi connectivity index (χ1v) is 24.7. The molecule has 0 radical (unpaired) electrons. The van der Waals surface area contributed by atoms with Crippen LogP contribution in [0.5, 0.6) is 0 Å². The largest absolute Gasteiger partial charge is 0.464 e. The molecule has 6 bridgehead atoms. The van der Waals surface area contributed by atoms with E-state index in [1.165, 1.54) is 16.7 Å². The summed E-state index contributed by atoms with van der Waals surface area (Å²) in [4.78, 5) is 65.9. The number of hydrazine groups is 1. The van der Waals surface area contributed by atoms with E-state index in [1.54, 1.807) is 36.2 Å². The van der Waals surface area contributed by atoms with E-state index in [2.05, 4.69) is 32.5 Å². The fourth-order valence-electron chi connectivity index (χ4n) is 9.47. The summed E-state index contributed by atoms with van der Waals surface area (Å²) < 4.78 is 69.6. The maximum atomic E-state index is 14.7. The molecule has 3 fully saturated rings. The topological polar surface area (TPSA) is 160 Å². The van der Waals surface area contributed by atoms with Crippen LogP contribution in [0.15, 0.2) is 36.5 Å². The van der Waals surface area contributed by atoms with Crippen LogP contribution in [0.2, 0.25) is 0 Å². The summed E-state index contributed by atoms with van der Waals surface area (Å²) in [5.41, 5.74) is 4.95. The second kappa shape index (κ2) is 21.8. The van der Waals surface area contributed by atoms with Crippen molar-refractivity contribution in [2.24, 2.45) is 17.3 Å². The molecule has 388 valence electrons. The van der Waals surface area contributed by atoms with E-state index >= 15 is 0 Å². The summed E-state index contributed by atoms with van der Waals surface area (Å²) in [7, 11) is 5.32. The molecule has 16 nitrogen and oxygen atoms in total.